The smallest absolute Gasteiger partial charge is 0.259 e. The third-order valence-corrected chi connectivity index (χ3v) is 2.76. The number of hydrogen-bond donors (Lipinski definition) is 0. The molecule has 3 heteroatoms. The molecule has 0 radical (unpaired) electrons. The van der Waals surface area contributed by atoms with E-state index in [2.05, 4.69) is 0 Å². The van der Waals surface area contributed by atoms with E-state index in [9.17, 15) is 4.79 Å². The summed E-state index contributed by atoms with van der Waals surface area (Å²) in [7, 11) is 1.98. The van der Waals surface area contributed by atoms with Crippen LogP contribution in [0.1, 0.15) is 12.6 Å². The predicted molar refractivity (Wildman–Crippen MR) is 57.6 cm³/mol. The van der Waals surface area contributed by atoms with Gasteiger partial charge >= 0.3 is 0 Å². The largest absolute Gasteiger partial charge is 0.348 e. The van der Waals surface area contributed by atoms with Gasteiger partial charge < -0.3 is 9.13 Å². The summed E-state index contributed by atoms with van der Waals surface area (Å²) < 4.78 is 3.76. The number of rotatable bonds is 1. The molecule has 0 saturated carbocycles. The van der Waals surface area contributed by atoms with Crippen LogP contribution in [0.3, 0.4) is 0 Å². The zero-order valence-electron chi connectivity index (χ0n) is 8.74. The highest BCUT2D eigenvalue weighted by atomic mass is 16.1. The van der Waals surface area contributed by atoms with Gasteiger partial charge in [-0.15, -0.1) is 0 Å². The van der Waals surface area contributed by atoms with Crippen LogP contribution in [-0.4, -0.2) is 9.13 Å². The Labute approximate surface area is 82.6 Å². The number of hydrogen-bond acceptors (Lipinski definition) is 1. The highest BCUT2D eigenvalue weighted by Crippen LogP contribution is 2.13. The van der Waals surface area contributed by atoms with Gasteiger partial charge in [-0.25, -0.2) is 0 Å². The van der Waals surface area contributed by atoms with E-state index in [0.717, 1.165) is 23.1 Å². The van der Waals surface area contributed by atoms with Crippen LogP contribution in [0.15, 0.2) is 23.1 Å². The van der Waals surface area contributed by atoms with Gasteiger partial charge in [0, 0.05) is 25.5 Å². The van der Waals surface area contributed by atoms with Crippen molar-refractivity contribution in [1.29, 1.82) is 0 Å². The number of aryl methyl sites for hydroxylation is 3. The van der Waals surface area contributed by atoms with Crippen LogP contribution in [0.25, 0.3) is 10.9 Å². The van der Waals surface area contributed by atoms with Crippen LogP contribution < -0.4 is 5.56 Å². The molecule has 3 nitrogen and oxygen atoms in total. The van der Waals surface area contributed by atoms with Crippen molar-refractivity contribution >= 4 is 10.9 Å². The summed E-state index contributed by atoms with van der Waals surface area (Å²) in [6, 6.07) is 3.94. The minimum absolute atomic E-state index is 0.105. The average molecular weight is 190 g/mol. The lowest BCUT2D eigenvalue weighted by atomic mass is 10.3. The van der Waals surface area contributed by atoms with Crippen molar-refractivity contribution in [3.05, 3.63) is 34.4 Å². The molecule has 0 saturated heterocycles. The van der Waals surface area contributed by atoms with Gasteiger partial charge in [-0.2, -0.15) is 0 Å². The van der Waals surface area contributed by atoms with Crippen LogP contribution in [-0.2, 0) is 13.6 Å². The minimum atomic E-state index is 0.105. The monoisotopic (exact) mass is 190 g/mol. The molecule has 0 amide bonds. The molecule has 0 fully saturated rings. The maximum Gasteiger partial charge on any atom is 0.259 e. The number of nitrogens with zero attached hydrogens (tertiary/aromatic N) is 2. The number of fused-ring (bicyclic) bond motifs is 1. The molecule has 0 aliphatic carbocycles. The minimum Gasteiger partial charge on any atom is -0.348 e. The standard InChI is InChI=1S/C11H14N2O/c1-4-13-6-5-10-9(11(13)14)7-8(2)12(10)3/h5-7H,4H2,1-3H3. The Kier molecular flexibility index (Phi) is 1.95. The maximum atomic E-state index is 11.9. The molecule has 0 N–H and O–H groups in total. The van der Waals surface area contributed by atoms with Gasteiger partial charge in [-0.3, -0.25) is 4.79 Å². The molecule has 0 aromatic carbocycles. The highest BCUT2D eigenvalue weighted by Gasteiger charge is 2.06. The molecular formula is C11H14N2O. The van der Waals surface area contributed by atoms with Gasteiger partial charge in [0.2, 0.25) is 0 Å². The first-order valence-corrected chi connectivity index (χ1v) is 4.80. The van der Waals surface area contributed by atoms with Crippen LogP contribution in [0.4, 0.5) is 0 Å². The average Bonchev–Trinajstić information content (AvgIpc) is 2.46. The Bertz CT molecular complexity index is 534. The van der Waals surface area contributed by atoms with Crippen LogP contribution in [0.2, 0.25) is 0 Å². The predicted octanol–water partition coefficient (Wildman–Crippen LogP) is 1.67. The molecule has 0 aliphatic rings. The zero-order chi connectivity index (χ0) is 10.3. The molecule has 2 aromatic heterocycles. The molecule has 0 aliphatic heterocycles. The second-order valence-corrected chi connectivity index (χ2v) is 3.55. The maximum absolute atomic E-state index is 11.9. The first-order chi connectivity index (χ1) is 6.65. The lowest BCUT2D eigenvalue weighted by Gasteiger charge is -2.02. The van der Waals surface area contributed by atoms with E-state index in [-0.39, 0.29) is 5.56 Å². The van der Waals surface area contributed by atoms with Crippen molar-refractivity contribution in [2.75, 3.05) is 0 Å². The third kappa shape index (κ3) is 1.09. The summed E-state index contributed by atoms with van der Waals surface area (Å²) in [6.07, 6.45) is 1.85. The SMILES string of the molecule is CCn1ccc2c(cc(C)n2C)c1=O. The second-order valence-electron chi connectivity index (χ2n) is 3.55. The van der Waals surface area contributed by atoms with E-state index in [1.165, 1.54) is 0 Å². The van der Waals surface area contributed by atoms with Gasteiger partial charge in [-0.1, -0.05) is 0 Å². The van der Waals surface area contributed by atoms with E-state index in [0.29, 0.717) is 0 Å². The first-order valence-electron chi connectivity index (χ1n) is 4.80. The quantitative estimate of drug-likeness (QED) is 0.672. The van der Waals surface area contributed by atoms with Gasteiger partial charge in [0.1, 0.15) is 0 Å². The zero-order valence-corrected chi connectivity index (χ0v) is 8.74. The van der Waals surface area contributed by atoms with Crippen molar-refractivity contribution in [2.45, 2.75) is 20.4 Å². The molecule has 0 bridgehead atoms. The van der Waals surface area contributed by atoms with E-state index < -0.39 is 0 Å². The second kappa shape index (κ2) is 3.01. The van der Waals surface area contributed by atoms with Gasteiger partial charge in [0.15, 0.2) is 0 Å². The highest BCUT2D eigenvalue weighted by molar-refractivity contribution is 5.80. The van der Waals surface area contributed by atoms with E-state index in [1.54, 1.807) is 4.57 Å². The van der Waals surface area contributed by atoms with Crippen molar-refractivity contribution in [3.8, 4) is 0 Å². The lowest BCUT2D eigenvalue weighted by molar-refractivity contribution is 0.734. The number of aromatic nitrogens is 2. The number of pyridine rings is 1. The van der Waals surface area contributed by atoms with Crippen LogP contribution in [0.5, 0.6) is 0 Å². The molecule has 0 unspecified atom stereocenters. The first kappa shape index (κ1) is 9.06. The summed E-state index contributed by atoms with van der Waals surface area (Å²) in [5.74, 6) is 0. The lowest BCUT2D eigenvalue weighted by Crippen LogP contribution is -2.17. The summed E-state index contributed by atoms with van der Waals surface area (Å²) in [4.78, 5) is 11.9. The summed E-state index contributed by atoms with van der Waals surface area (Å²) in [6.45, 7) is 4.71. The third-order valence-electron chi connectivity index (χ3n) is 2.76. The van der Waals surface area contributed by atoms with Crippen molar-refractivity contribution < 1.29 is 0 Å². The fourth-order valence-corrected chi connectivity index (χ4v) is 1.76. The van der Waals surface area contributed by atoms with Crippen molar-refractivity contribution in [1.82, 2.24) is 9.13 Å². The van der Waals surface area contributed by atoms with E-state index in [1.807, 2.05) is 43.8 Å². The van der Waals surface area contributed by atoms with Crippen LogP contribution >= 0.6 is 0 Å². The van der Waals surface area contributed by atoms with Crippen molar-refractivity contribution in [3.63, 3.8) is 0 Å². The molecule has 0 atom stereocenters. The molecular weight excluding hydrogens is 176 g/mol. The Morgan fingerprint density at radius 2 is 2.14 bits per heavy atom. The van der Waals surface area contributed by atoms with Gasteiger partial charge in [0.25, 0.3) is 5.56 Å². The Balaban J connectivity index is 2.91. The van der Waals surface area contributed by atoms with E-state index >= 15 is 0 Å². The fraction of sp³-hybridized carbons (Fsp3) is 0.364. The summed E-state index contributed by atoms with van der Waals surface area (Å²) in [5.41, 5.74) is 2.23. The molecule has 14 heavy (non-hydrogen) atoms. The van der Waals surface area contributed by atoms with Crippen molar-refractivity contribution in [2.24, 2.45) is 7.05 Å². The summed E-state index contributed by atoms with van der Waals surface area (Å²) >= 11 is 0. The summed E-state index contributed by atoms with van der Waals surface area (Å²) in [5, 5.41) is 0.814. The van der Waals surface area contributed by atoms with Crippen LogP contribution in [0, 0.1) is 6.92 Å². The fourth-order valence-electron chi connectivity index (χ4n) is 1.76. The Morgan fingerprint density at radius 3 is 2.79 bits per heavy atom. The molecule has 2 heterocycles. The topological polar surface area (TPSA) is 26.9 Å². The molecule has 74 valence electrons. The van der Waals surface area contributed by atoms with Gasteiger partial charge in [-0.05, 0) is 26.0 Å². The van der Waals surface area contributed by atoms with E-state index in [4.69, 9.17) is 0 Å². The molecule has 2 aromatic rings. The Morgan fingerprint density at radius 1 is 1.43 bits per heavy atom. The molecule has 2 rings (SSSR count). The normalized spacial score (nSPS) is 11.1. The molecule has 0 spiro atoms. The van der Waals surface area contributed by atoms with Gasteiger partial charge in [0.05, 0.1) is 10.9 Å². The Hall–Kier alpha value is -1.51.